The van der Waals surface area contributed by atoms with Crippen LogP contribution in [-0.4, -0.2) is 0 Å². The summed E-state index contributed by atoms with van der Waals surface area (Å²) in [5.41, 5.74) is 20.6. The van der Waals surface area contributed by atoms with Crippen molar-refractivity contribution in [2.75, 3.05) is 0 Å². The third kappa shape index (κ3) is 5.13. The van der Waals surface area contributed by atoms with Crippen molar-refractivity contribution in [3.05, 3.63) is 198 Å². The topological polar surface area (TPSA) is 0 Å². The van der Waals surface area contributed by atoms with Crippen molar-refractivity contribution in [2.45, 2.75) is 75.5 Å². The van der Waals surface area contributed by atoms with E-state index in [1.54, 1.807) is 0 Å². The predicted molar refractivity (Wildman–Crippen MR) is 248 cm³/mol. The highest BCUT2D eigenvalue weighted by Crippen LogP contribution is 2.59. The van der Waals surface area contributed by atoms with Crippen LogP contribution < -0.4 is 0 Å². The second-order valence-corrected chi connectivity index (χ2v) is 17.5. The molecule has 2 spiro atoms. The molecule has 58 heavy (non-hydrogen) atoms. The number of fused-ring (bicyclic) bond motifs is 12. The van der Waals surface area contributed by atoms with Gasteiger partial charge >= 0.3 is 0 Å². The third-order valence-electron chi connectivity index (χ3n) is 14.5. The number of rotatable bonds is 7. The van der Waals surface area contributed by atoms with E-state index in [1.165, 1.54) is 140 Å². The fourth-order valence-electron chi connectivity index (χ4n) is 12.0. The summed E-state index contributed by atoms with van der Waals surface area (Å²) in [5.74, 6) is 0. The molecule has 0 atom stereocenters. The third-order valence-corrected chi connectivity index (χ3v) is 14.5. The van der Waals surface area contributed by atoms with Crippen LogP contribution in [0.5, 0.6) is 0 Å². The zero-order chi connectivity index (χ0) is 39.0. The summed E-state index contributed by atoms with van der Waals surface area (Å²) in [4.78, 5) is 0. The van der Waals surface area contributed by atoms with Gasteiger partial charge < -0.3 is 0 Å². The summed E-state index contributed by atoms with van der Waals surface area (Å²) in [6.45, 7) is 10.9. The van der Waals surface area contributed by atoms with Crippen molar-refractivity contribution in [3.63, 3.8) is 0 Å². The lowest BCUT2D eigenvalue weighted by Crippen LogP contribution is -2.20. The van der Waals surface area contributed by atoms with Gasteiger partial charge in [0.15, 0.2) is 0 Å². The molecule has 0 heterocycles. The van der Waals surface area contributed by atoms with Gasteiger partial charge in [-0.2, -0.15) is 0 Å². The first-order valence-corrected chi connectivity index (χ1v) is 21.7. The van der Waals surface area contributed by atoms with Crippen molar-refractivity contribution in [1.29, 1.82) is 0 Å². The molecule has 0 radical (unpaired) electrons. The van der Waals surface area contributed by atoms with E-state index in [0.717, 1.165) is 23.1 Å². The molecule has 0 nitrogen and oxygen atoms in total. The molecule has 2 fully saturated rings. The molecule has 0 saturated heterocycles. The summed E-state index contributed by atoms with van der Waals surface area (Å²) in [7, 11) is 0. The van der Waals surface area contributed by atoms with Crippen LogP contribution in [0.15, 0.2) is 170 Å². The first-order valence-electron chi connectivity index (χ1n) is 21.7. The number of allylic oxidation sites excluding steroid dienone is 6. The minimum atomic E-state index is 0.104. The van der Waals surface area contributed by atoms with Gasteiger partial charge in [0.05, 0.1) is 0 Å². The SMILES string of the molecule is C=C(/C=C\C)C/C=C\C(=C)c1ccc2c(-c3ccc4c(c3)C3(CCCC3)c3ccccc3-4)c3ccccc3c(-c3ccc4c(c3)C3(CCCC3)c3ccccc3-4)c2c1. The molecule has 2 saturated carbocycles. The van der Waals surface area contributed by atoms with Crippen LogP contribution in [0.3, 0.4) is 0 Å². The standard InChI is InChI=1S/C58H50/c1-4-16-38(2)17-15-18-39(3)40-25-30-49-50(35-40)56(42-27-29-46-44-20-8-10-24-52(44)58(54(46)37-42)33-13-14-34-58)48-22-6-5-21-47(48)55(49)41-26-28-45-43-19-7-9-23-51(43)57(53(45)36-41)31-11-12-32-57/h4-10,15-16,18-30,35-37H,2-3,11-14,17,31-34H2,1H3/b16-4-,18-15-. The molecule has 11 rings (SSSR count). The monoisotopic (exact) mass is 746 g/mol. The highest BCUT2D eigenvalue weighted by molar-refractivity contribution is 6.22. The van der Waals surface area contributed by atoms with Crippen LogP contribution >= 0.6 is 0 Å². The zero-order valence-corrected chi connectivity index (χ0v) is 33.7. The quantitative estimate of drug-likeness (QED) is 0.113. The molecular weight excluding hydrogens is 697 g/mol. The van der Waals surface area contributed by atoms with Gasteiger partial charge in [-0.05, 0) is 157 Å². The number of benzene rings is 7. The van der Waals surface area contributed by atoms with E-state index in [4.69, 9.17) is 0 Å². The minimum absolute atomic E-state index is 0.104. The Balaban J connectivity index is 1.15. The van der Waals surface area contributed by atoms with Crippen LogP contribution in [0.2, 0.25) is 0 Å². The highest BCUT2D eigenvalue weighted by atomic mass is 14.5. The normalized spacial score (nSPS) is 16.8. The Labute approximate surface area is 344 Å². The van der Waals surface area contributed by atoms with Crippen LogP contribution in [0.25, 0.3) is 71.6 Å². The van der Waals surface area contributed by atoms with Gasteiger partial charge in [-0.15, -0.1) is 0 Å². The van der Waals surface area contributed by atoms with Gasteiger partial charge in [-0.25, -0.2) is 0 Å². The summed E-state index contributed by atoms with van der Waals surface area (Å²) in [6, 6.07) is 49.7. The molecule has 0 aromatic heterocycles. The molecule has 0 heteroatoms. The maximum absolute atomic E-state index is 4.60. The second-order valence-electron chi connectivity index (χ2n) is 17.5. The first kappa shape index (κ1) is 35.2. The zero-order valence-electron chi connectivity index (χ0n) is 33.7. The lowest BCUT2D eigenvalue weighted by Gasteiger charge is -2.28. The van der Waals surface area contributed by atoms with E-state index in [0.29, 0.717) is 0 Å². The van der Waals surface area contributed by atoms with Gasteiger partial charge in [-0.1, -0.05) is 178 Å². The Morgan fingerprint density at radius 2 is 0.983 bits per heavy atom. The van der Waals surface area contributed by atoms with Crippen molar-refractivity contribution in [1.82, 2.24) is 0 Å². The molecule has 0 N–H and O–H groups in total. The minimum Gasteiger partial charge on any atom is -0.0955 e. The van der Waals surface area contributed by atoms with Gasteiger partial charge in [0.1, 0.15) is 0 Å². The maximum Gasteiger partial charge on any atom is 0.0215 e. The Kier molecular flexibility index (Phi) is 8.23. The average Bonchev–Trinajstić information content (AvgIpc) is 4.07. The lowest BCUT2D eigenvalue weighted by molar-refractivity contribution is 0.550. The van der Waals surface area contributed by atoms with E-state index >= 15 is 0 Å². The number of hydrogen-bond donors (Lipinski definition) is 0. The molecule has 7 aromatic carbocycles. The van der Waals surface area contributed by atoms with E-state index < -0.39 is 0 Å². The van der Waals surface area contributed by atoms with Gasteiger partial charge in [0.2, 0.25) is 0 Å². The molecule has 4 aliphatic carbocycles. The molecule has 4 aliphatic rings. The van der Waals surface area contributed by atoms with Gasteiger partial charge in [0.25, 0.3) is 0 Å². The average molecular weight is 747 g/mol. The molecule has 0 aliphatic heterocycles. The summed E-state index contributed by atoms with van der Waals surface area (Å²) in [5, 5.41) is 5.20. The Hall–Kier alpha value is -5.98. The largest absolute Gasteiger partial charge is 0.0955 e. The van der Waals surface area contributed by atoms with Crippen molar-refractivity contribution in [3.8, 4) is 44.5 Å². The van der Waals surface area contributed by atoms with E-state index in [1.807, 2.05) is 6.92 Å². The number of hydrogen-bond acceptors (Lipinski definition) is 0. The van der Waals surface area contributed by atoms with Gasteiger partial charge in [0, 0.05) is 10.8 Å². The summed E-state index contributed by atoms with van der Waals surface area (Å²) < 4.78 is 0. The van der Waals surface area contributed by atoms with Crippen LogP contribution in [-0.2, 0) is 10.8 Å². The molecule has 282 valence electrons. The summed E-state index contributed by atoms with van der Waals surface area (Å²) >= 11 is 0. The lowest BCUT2D eigenvalue weighted by atomic mass is 9.75. The highest BCUT2D eigenvalue weighted by Gasteiger charge is 2.46. The van der Waals surface area contributed by atoms with E-state index in [9.17, 15) is 0 Å². The fourth-order valence-corrected chi connectivity index (χ4v) is 12.0. The Bertz CT molecular complexity index is 2910. The van der Waals surface area contributed by atoms with Crippen molar-refractivity contribution >= 4 is 27.1 Å². The van der Waals surface area contributed by atoms with Crippen molar-refractivity contribution in [2.24, 2.45) is 0 Å². The van der Waals surface area contributed by atoms with E-state index in [2.05, 4.69) is 165 Å². The van der Waals surface area contributed by atoms with Gasteiger partial charge in [-0.3, -0.25) is 0 Å². The smallest absolute Gasteiger partial charge is 0.0215 e. The van der Waals surface area contributed by atoms with Crippen LogP contribution in [0.4, 0.5) is 0 Å². The first-order chi connectivity index (χ1) is 28.5. The maximum atomic E-state index is 4.60. The van der Waals surface area contributed by atoms with Crippen LogP contribution in [0.1, 0.15) is 92.5 Å². The predicted octanol–water partition coefficient (Wildman–Crippen LogP) is 16.1. The van der Waals surface area contributed by atoms with E-state index in [-0.39, 0.29) is 10.8 Å². The Morgan fingerprint density at radius 1 is 0.500 bits per heavy atom. The summed E-state index contributed by atoms with van der Waals surface area (Å²) in [6.07, 6.45) is 19.4. The molecular formula is C58H50. The molecule has 0 unspecified atom stereocenters. The van der Waals surface area contributed by atoms with Crippen LogP contribution in [0, 0.1) is 0 Å². The molecule has 0 bridgehead atoms. The molecule has 7 aromatic rings. The van der Waals surface area contributed by atoms with Crippen molar-refractivity contribution < 1.29 is 0 Å². The Morgan fingerprint density at radius 3 is 1.53 bits per heavy atom. The fraction of sp³-hybridized carbons (Fsp3) is 0.207. The molecule has 0 amide bonds. The second kappa shape index (κ2) is 13.6.